The van der Waals surface area contributed by atoms with Crippen LogP contribution in [0.4, 0.5) is 20.3 Å². The van der Waals surface area contributed by atoms with Gasteiger partial charge in [0.2, 0.25) is 0 Å². The van der Waals surface area contributed by atoms with Crippen molar-refractivity contribution < 1.29 is 23.7 Å². The fourth-order valence-electron chi connectivity index (χ4n) is 9.08. The maximum Gasteiger partial charge on any atom is 0.318 e. The Labute approximate surface area is 256 Å². The zero-order chi connectivity index (χ0) is 30.2. The van der Waals surface area contributed by atoms with Crippen molar-refractivity contribution in [3.63, 3.8) is 0 Å². The molecule has 10 heteroatoms. The van der Waals surface area contributed by atoms with Crippen molar-refractivity contribution >= 4 is 22.3 Å². The lowest BCUT2D eigenvalue weighted by Crippen LogP contribution is -2.43. The number of aliphatic hydroxyl groups excluding tert-OH is 1. The number of nitrogens with zero attached hydrogens (tertiary/aromatic N) is 5. The van der Waals surface area contributed by atoms with Gasteiger partial charge in [0.25, 0.3) is 0 Å². The number of phenols is 1. The van der Waals surface area contributed by atoms with Gasteiger partial charge in [-0.3, -0.25) is 4.90 Å². The lowest BCUT2D eigenvalue weighted by molar-refractivity contribution is 0.107. The summed E-state index contributed by atoms with van der Waals surface area (Å²) in [5.41, 5.74) is 3.12. The Hall–Kier alpha value is -3.24. The number of aromatic nitrogens is 2. The standard InChI is InChI=1S/C34H41F2N5O3/c1-2-26-28(36)5-4-20-10-25(43)13-30(31(20)26)39-9-6-27-29(18-39)37-33(44-19-34-7-3-8-41(34)17-23(35)14-34)38-32(27)40-15-21-11-24(42)12-22(21)16-40/h4-5,10,13,21-24,42-43H,2-3,6-9,11-12,14-19H2,1H3/t21-,22+,23-,24-,34+/m1/s1. The maximum absolute atomic E-state index is 15.0. The Bertz CT molecular complexity index is 1590. The number of halogens is 2. The maximum atomic E-state index is 15.0. The van der Waals surface area contributed by atoms with Gasteiger partial charge in [0.1, 0.15) is 30.2 Å². The van der Waals surface area contributed by atoms with Crippen LogP contribution in [0.1, 0.15) is 55.8 Å². The molecule has 5 aliphatic rings. The predicted octanol–water partition coefficient (Wildman–Crippen LogP) is 4.76. The number of hydrogen-bond donors (Lipinski definition) is 2. The Morgan fingerprint density at radius 2 is 1.89 bits per heavy atom. The van der Waals surface area contributed by atoms with Crippen molar-refractivity contribution in [2.45, 2.75) is 76.2 Å². The van der Waals surface area contributed by atoms with Crippen LogP contribution in [-0.2, 0) is 19.4 Å². The van der Waals surface area contributed by atoms with Crippen LogP contribution < -0.4 is 14.5 Å². The third kappa shape index (κ3) is 4.67. The normalized spacial score (nSPS) is 29.8. The predicted molar refractivity (Wildman–Crippen MR) is 165 cm³/mol. The first kappa shape index (κ1) is 28.2. The number of aromatic hydroxyl groups is 1. The first-order valence-electron chi connectivity index (χ1n) is 16.3. The molecule has 3 aromatic rings. The van der Waals surface area contributed by atoms with Crippen LogP contribution >= 0.6 is 0 Å². The molecular formula is C34H41F2N5O3. The highest BCUT2D eigenvalue weighted by atomic mass is 19.1. The van der Waals surface area contributed by atoms with Gasteiger partial charge in [-0.25, -0.2) is 8.78 Å². The second-order valence-electron chi connectivity index (χ2n) is 13.8. The highest BCUT2D eigenvalue weighted by Gasteiger charge is 2.49. The first-order valence-corrected chi connectivity index (χ1v) is 16.3. The summed E-state index contributed by atoms with van der Waals surface area (Å²) in [6.45, 7) is 6.54. The van der Waals surface area contributed by atoms with E-state index in [1.165, 1.54) is 6.07 Å². The van der Waals surface area contributed by atoms with E-state index in [9.17, 15) is 19.0 Å². The number of phenolic OH excluding ortho intramolecular Hbond substituents is 1. The van der Waals surface area contributed by atoms with Crippen molar-refractivity contribution in [2.24, 2.45) is 11.8 Å². The second-order valence-corrected chi connectivity index (χ2v) is 13.8. The van der Waals surface area contributed by atoms with E-state index in [2.05, 4.69) is 14.7 Å². The third-order valence-corrected chi connectivity index (χ3v) is 11.1. The molecule has 2 N–H and O–H groups in total. The molecule has 5 atom stereocenters. The Kier molecular flexibility index (Phi) is 6.86. The zero-order valence-electron chi connectivity index (χ0n) is 25.3. The highest BCUT2D eigenvalue weighted by Crippen LogP contribution is 2.44. The topological polar surface area (TPSA) is 85.2 Å². The SMILES string of the molecule is CCc1c(F)ccc2cc(O)cc(N3CCc4c(nc(OC[C@@]56CCCN5C[C@H](F)C6)nc4N4C[C@H]5C[C@@H](O)C[C@H]5C4)C3)c12. The average molecular weight is 606 g/mol. The molecule has 1 aliphatic carbocycles. The number of ether oxygens (including phenoxy) is 1. The average Bonchev–Trinajstić information content (AvgIpc) is 3.74. The van der Waals surface area contributed by atoms with Gasteiger partial charge >= 0.3 is 6.01 Å². The summed E-state index contributed by atoms with van der Waals surface area (Å²) in [7, 11) is 0. The van der Waals surface area contributed by atoms with E-state index < -0.39 is 6.17 Å². The highest BCUT2D eigenvalue weighted by molar-refractivity contribution is 5.98. The van der Waals surface area contributed by atoms with E-state index in [1.807, 2.05) is 6.92 Å². The summed E-state index contributed by atoms with van der Waals surface area (Å²) in [4.78, 5) is 16.8. The van der Waals surface area contributed by atoms with E-state index in [0.717, 1.165) is 78.9 Å². The number of fused-ring (bicyclic) bond motifs is 4. The summed E-state index contributed by atoms with van der Waals surface area (Å²) in [6, 6.07) is 6.96. The Morgan fingerprint density at radius 3 is 2.68 bits per heavy atom. The number of aryl methyl sites for hydroxylation is 1. The number of rotatable bonds is 6. The monoisotopic (exact) mass is 605 g/mol. The molecule has 8 nitrogen and oxygen atoms in total. The van der Waals surface area contributed by atoms with Gasteiger partial charge < -0.3 is 24.7 Å². The minimum Gasteiger partial charge on any atom is -0.508 e. The zero-order valence-corrected chi connectivity index (χ0v) is 25.3. The molecule has 0 spiro atoms. The van der Waals surface area contributed by atoms with Crippen molar-refractivity contribution in [3.8, 4) is 11.8 Å². The van der Waals surface area contributed by atoms with Gasteiger partial charge in [0.05, 0.1) is 23.9 Å². The molecule has 3 saturated heterocycles. The third-order valence-electron chi connectivity index (χ3n) is 11.1. The molecule has 0 bridgehead atoms. The van der Waals surface area contributed by atoms with Crippen molar-refractivity contribution in [1.82, 2.24) is 14.9 Å². The van der Waals surface area contributed by atoms with Crippen LogP contribution in [0.3, 0.4) is 0 Å². The van der Waals surface area contributed by atoms with E-state index in [4.69, 9.17) is 14.7 Å². The molecule has 2 aromatic carbocycles. The van der Waals surface area contributed by atoms with Crippen LogP contribution in [0.15, 0.2) is 24.3 Å². The van der Waals surface area contributed by atoms with Crippen LogP contribution in [0.25, 0.3) is 10.8 Å². The van der Waals surface area contributed by atoms with Gasteiger partial charge in [0.15, 0.2) is 0 Å². The van der Waals surface area contributed by atoms with Gasteiger partial charge in [0, 0.05) is 55.3 Å². The Morgan fingerprint density at radius 1 is 1.07 bits per heavy atom. The van der Waals surface area contributed by atoms with Crippen molar-refractivity contribution in [2.75, 3.05) is 49.1 Å². The molecule has 8 rings (SSSR count). The molecule has 0 unspecified atom stereocenters. The summed E-state index contributed by atoms with van der Waals surface area (Å²) in [6.07, 6.45) is 4.30. The number of aliphatic hydroxyl groups is 1. The molecule has 5 heterocycles. The second kappa shape index (κ2) is 10.7. The quantitative estimate of drug-likeness (QED) is 0.416. The molecule has 4 fully saturated rings. The summed E-state index contributed by atoms with van der Waals surface area (Å²) >= 11 is 0. The molecule has 1 saturated carbocycles. The van der Waals surface area contributed by atoms with E-state index in [0.29, 0.717) is 68.9 Å². The first-order chi connectivity index (χ1) is 21.3. The molecule has 0 radical (unpaired) electrons. The van der Waals surface area contributed by atoms with E-state index >= 15 is 0 Å². The number of alkyl halides is 1. The molecule has 0 amide bonds. The number of anilines is 2. The van der Waals surface area contributed by atoms with Crippen LogP contribution in [0.2, 0.25) is 0 Å². The summed E-state index contributed by atoms with van der Waals surface area (Å²) < 4.78 is 35.8. The summed E-state index contributed by atoms with van der Waals surface area (Å²) in [5, 5.41) is 22.5. The fraction of sp³-hybridized carbons (Fsp3) is 0.588. The van der Waals surface area contributed by atoms with Crippen LogP contribution in [-0.4, -0.2) is 82.2 Å². The molecule has 234 valence electrons. The minimum absolute atomic E-state index is 0.147. The van der Waals surface area contributed by atoms with Gasteiger partial charge in [-0.05, 0) is 80.0 Å². The van der Waals surface area contributed by atoms with Crippen molar-refractivity contribution in [3.05, 3.63) is 46.9 Å². The minimum atomic E-state index is -0.832. The molecule has 4 aliphatic heterocycles. The number of hydrogen-bond acceptors (Lipinski definition) is 8. The lowest BCUT2D eigenvalue weighted by Gasteiger charge is -2.34. The van der Waals surface area contributed by atoms with Gasteiger partial charge in [-0.1, -0.05) is 13.0 Å². The molecular weight excluding hydrogens is 564 g/mol. The van der Waals surface area contributed by atoms with Gasteiger partial charge in [-0.2, -0.15) is 9.97 Å². The van der Waals surface area contributed by atoms with Gasteiger partial charge in [-0.15, -0.1) is 0 Å². The molecule has 1 aromatic heterocycles. The van der Waals surface area contributed by atoms with E-state index in [-0.39, 0.29) is 23.2 Å². The van der Waals surface area contributed by atoms with E-state index in [1.54, 1.807) is 18.2 Å². The summed E-state index contributed by atoms with van der Waals surface area (Å²) in [5.74, 6) is 1.72. The number of benzene rings is 2. The largest absolute Gasteiger partial charge is 0.508 e. The molecule has 44 heavy (non-hydrogen) atoms. The lowest BCUT2D eigenvalue weighted by atomic mass is 9.95. The fourth-order valence-corrected chi connectivity index (χ4v) is 9.08. The van der Waals surface area contributed by atoms with Crippen molar-refractivity contribution in [1.29, 1.82) is 0 Å². The Balaban J connectivity index is 1.15. The smallest absolute Gasteiger partial charge is 0.318 e. The van der Waals surface area contributed by atoms with Crippen LogP contribution in [0, 0.1) is 17.7 Å². The van der Waals surface area contributed by atoms with Crippen LogP contribution in [0.5, 0.6) is 11.8 Å².